The first-order valence-corrected chi connectivity index (χ1v) is 55.1. The molecule has 7 aromatic rings. The molecule has 7 aromatic heterocycles. The molecule has 13 rings (SSSR count). The van der Waals surface area contributed by atoms with Crippen LogP contribution < -0.4 is 39.6 Å². The molecule has 11 atom stereocenters. The van der Waals surface area contributed by atoms with Crippen LogP contribution in [0.3, 0.4) is 0 Å². The van der Waals surface area contributed by atoms with E-state index in [1.807, 2.05) is 19.4 Å². The first kappa shape index (κ1) is 121. The number of likely N-dealkylation sites (tertiary alicyclic amines) is 1. The molecule has 21 nitrogen and oxygen atoms in total. The standard InChI is InChI=1S/C19H31N3.C18H33N3.4C17H29N3.C16H29N3/c1-15(19(2,3)4)16-7-8-18(20-13-16)22-12-9-17(14-22)21-10-5-6-11-21;1-8-21(9-2)13-12-20(7)17-11-10-16(14-19-17)15(3)18(4,5)6;3*1-13(17(2,3)4)14-7-8-16(18-11-14)20-10-9-15(12-20)19(5)6;1-6-19-9-11-20(12-10-19)16-8-7-15(13-18-16)14(2)17(3,4)5;1-13(16(2,3)4)14-8-9-15(18-12-14)19(6)11-7-10-17-5/h7-8,13,15,17H,5-6,9-12,14H2,1-4H3;10-11,14-15H,8-9,12-13H2,1-7H3;3*7-8,11,13,15H,9-10,12H2,1-6H3;7-8,13-14H,6,9-12H2,1-5H3;8-9,12-13,17H,7,10-11H2,1-6H3/t15-,17+;15-;2*13-,15+;13-,15-;14-;13-/m1111111/s1. The van der Waals surface area contributed by atoms with Crippen molar-refractivity contribution in [3.63, 3.8) is 0 Å². The Labute approximate surface area is 870 Å². The van der Waals surface area contributed by atoms with Gasteiger partial charge in [0.2, 0.25) is 0 Å². The van der Waals surface area contributed by atoms with Gasteiger partial charge in [-0.2, -0.15) is 0 Å². The van der Waals surface area contributed by atoms with Crippen LogP contribution in [0.2, 0.25) is 0 Å². The van der Waals surface area contributed by atoms with E-state index in [1.54, 1.807) is 0 Å². The van der Waals surface area contributed by atoms with Crippen molar-refractivity contribution < 1.29 is 0 Å². The Morgan fingerprint density at radius 2 is 0.563 bits per heavy atom. The number of hydrogen-bond acceptors (Lipinski definition) is 21. The summed E-state index contributed by atoms with van der Waals surface area (Å²) < 4.78 is 0. The van der Waals surface area contributed by atoms with Crippen molar-refractivity contribution in [1.82, 2.24) is 69.6 Å². The minimum absolute atomic E-state index is 0.276. The molecule has 0 amide bonds. The molecule has 1 N–H and O–H groups in total. The van der Waals surface area contributed by atoms with Crippen molar-refractivity contribution in [3.8, 4) is 0 Å². The number of nitrogens with zero attached hydrogens (tertiary/aromatic N) is 20. The third-order valence-electron chi connectivity index (χ3n) is 33.3. The van der Waals surface area contributed by atoms with Gasteiger partial charge < -0.3 is 64.1 Å². The summed E-state index contributed by atoms with van der Waals surface area (Å²) in [7, 11) is 19.2. The molecule has 0 aliphatic carbocycles. The van der Waals surface area contributed by atoms with Gasteiger partial charge in [0, 0.05) is 180 Å². The first-order chi connectivity index (χ1) is 66.4. The number of aromatic nitrogens is 7. The van der Waals surface area contributed by atoms with Crippen LogP contribution in [-0.4, -0.2) is 289 Å². The Morgan fingerprint density at radius 1 is 0.303 bits per heavy atom. The third-order valence-corrected chi connectivity index (χ3v) is 33.3. The summed E-state index contributed by atoms with van der Waals surface area (Å²) in [6, 6.07) is 33.7. The second kappa shape index (κ2) is 55.4. The van der Waals surface area contributed by atoms with E-state index in [0.717, 1.165) is 178 Å². The van der Waals surface area contributed by atoms with Crippen LogP contribution >= 0.6 is 0 Å². The maximum Gasteiger partial charge on any atom is 0.128 e. The fourth-order valence-corrected chi connectivity index (χ4v) is 18.8. The van der Waals surface area contributed by atoms with Gasteiger partial charge in [-0.1, -0.05) is 257 Å². The van der Waals surface area contributed by atoms with Crippen LogP contribution in [0.15, 0.2) is 128 Å². The van der Waals surface area contributed by atoms with Crippen molar-refractivity contribution in [2.45, 2.75) is 325 Å². The number of hydrogen-bond donors (Lipinski definition) is 1. The van der Waals surface area contributed by atoms with Crippen molar-refractivity contribution >= 4 is 40.7 Å². The Morgan fingerprint density at radius 3 is 0.796 bits per heavy atom. The zero-order valence-corrected chi connectivity index (χ0v) is 98.2. The zero-order chi connectivity index (χ0) is 106. The van der Waals surface area contributed by atoms with E-state index in [9.17, 15) is 0 Å². The van der Waals surface area contributed by atoms with Gasteiger partial charge in [-0.25, -0.2) is 34.9 Å². The molecule has 0 saturated carbocycles. The van der Waals surface area contributed by atoms with E-state index in [2.05, 4.69) is 466 Å². The number of rotatable bonds is 28. The molecule has 142 heavy (non-hydrogen) atoms. The van der Waals surface area contributed by atoms with E-state index in [-0.39, 0.29) is 37.9 Å². The van der Waals surface area contributed by atoms with Crippen LogP contribution in [0.5, 0.6) is 0 Å². The molecule has 21 heteroatoms. The lowest BCUT2D eigenvalue weighted by Gasteiger charge is -2.35. The minimum atomic E-state index is 0.276. The number of nitrogens with one attached hydrogen (secondary N) is 1. The smallest absolute Gasteiger partial charge is 0.128 e. The highest BCUT2D eigenvalue weighted by Gasteiger charge is 2.35. The highest BCUT2D eigenvalue weighted by molar-refractivity contribution is 5.47. The number of pyridine rings is 7. The summed E-state index contributed by atoms with van der Waals surface area (Å²) in [5.41, 5.74) is 11.3. The van der Waals surface area contributed by atoms with Crippen LogP contribution in [0, 0.1) is 37.9 Å². The lowest BCUT2D eigenvalue weighted by molar-refractivity contribution is 0.260. The van der Waals surface area contributed by atoms with Gasteiger partial charge in [0.15, 0.2) is 0 Å². The van der Waals surface area contributed by atoms with E-state index in [0.29, 0.717) is 59.6 Å². The predicted octanol–water partition coefficient (Wildman–Crippen LogP) is 24.7. The molecule has 6 aliphatic rings. The van der Waals surface area contributed by atoms with Crippen molar-refractivity contribution in [2.24, 2.45) is 37.9 Å². The summed E-state index contributed by atoms with van der Waals surface area (Å²) >= 11 is 0. The molecule has 6 fully saturated rings. The van der Waals surface area contributed by atoms with Crippen molar-refractivity contribution in [1.29, 1.82) is 0 Å². The van der Waals surface area contributed by atoms with Crippen LogP contribution in [0.25, 0.3) is 0 Å². The van der Waals surface area contributed by atoms with Crippen LogP contribution in [0.1, 0.15) is 340 Å². The number of anilines is 7. The second-order valence-electron chi connectivity index (χ2n) is 50.7. The summed E-state index contributed by atoms with van der Waals surface area (Å²) in [5, 5.41) is 3.17. The molecule has 0 spiro atoms. The Kier molecular flexibility index (Phi) is 47.3. The van der Waals surface area contributed by atoms with E-state index in [4.69, 9.17) is 24.9 Å². The van der Waals surface area contributed by atoms with E-state index < -0.39 is 0 Å². The normalized spacial score (nSPS) is 19.5. The fourth-order valence-electron chi connectivity index (χ4n) is 18.8. The SMILES string of the molecule is CCN(CC)CCN(C)c1ccc([C@@H](C)C(C)(C)C)cn1.CCN1CCN(c2ccc([C@@H](C)C(C)(C)C)cn2)CC1.CNCCCN(C)c1ccc([C@@H](C)C(C)(C)C)cn1.C[C@H](c1ccc(N2CC[C@@H](N(C)C)C2)nc1)C(C)(C)C.C[C@H](c1ccc(N2CC[C@H](N(C)C)C2)nc1)C(C)(C)C.C[C@H](c1ccc(N2CC[C@H](N(C)C)C2)nc1)C(C)(C)C.C[C@H](c1ccc(N2CC[C@H](N3CCCC3)C2)nc1)C(C)(C)C. The Bertz CT molecular complexity index is 4400. The molecule has 0 unspecified atom stereocenters. The highest BCUT2D eigenvalue weighted by atomic mass is 15.3. The van der Waals surface area contributed by atoms with Gasteiger partial charge in [-0.3, -0.25) is 4.90 Å². The van der Waals surface area contributed by atoms with Crippen molar-refractivity contribution in [2.75, 3.05) is 235 Å². The molecule has 0 bridgehead atoms. The van der Waals surface area contributed by atoms with Gasteiger partial charge in [0.1, 0.15) is 40.7 Å². The average Bonchev–Trinajstić information content (AvgIpc) is 1.55. The molecular weight excluding hydrogens is 1750 g/mol. The zero-order valence-electron chi connectivity index (χ0n) is 98.2. The molecule has 798 valence electrons. The summed E-state index contributed by atoms with van der Waals surface area (Å²) in [5.74, 6) is 11.4. The van der Waals surface area contributed by atoms with Gasteiger partial charge in [0.25, 0.3) is 0 Å². The summed E-state index contributed by atoms with van der Waals surface area (Å²) in [4.78, 5) is 63.9. The predicted molar refractivity (Wildman–Crippen MR) is 616 cm³/mol. The van der Waals surface area contributed by atoms with Crippen LogP contribution in [-0.2, 0) is 0 Å². The van der Waals surface area contributed by atoms with E-state index >= 15 is 0 Å². The van der Waals surface area contributed by atoms with Gasteiger partial charge in [0.05, 0.1) is 0 Å². The van der Waals surface area contributed by atoms with Gasteiger partial charge in [-0.15, -0.1) is 0 Å². The van der Waals surface area contributed by atoms with Crippen LogP contribution in [0.4, 0.5) is 40.7 Å². The third kappa shape index (κ3) is 37.9. The van der Waals surface area contributed by atoms with Gasteiger partial charge in [-0.05, 0) is 294 Å². The largest absolute Gasteiger partial charge is 0.360 e. The average molecular weight is 1960 g/mol. The quantitative estimate of drug-likeness (QED) is 0.0464. The van der Waals surface area contributed by atoms with Gasteiger partial charge >= 0.3 is 0 Å². The second-order valence-corrected chi connectivity index (χ2v) is 50.7. The molecule has 6 aliphatic heterocycles. The summed E-state index contributed by atoms with van der Waals surface area (Å²) in [6.45, 7) is 94.2. The number of piperazine rings is 1. The molecule has 6 saturated heterocycles. The maximum atomic E-state index is 4.76. The Hall–Kier alpha value is -7.63. The molecule has 13 heterocycles. The van der Waals surface area contributed by atoms with Crippen molar-refractivity contribution in [3.05, 3.63) is 167 Å². The fraction of sp³-hybridized carbons (Fsp3) is 0.711. The monoisotopic (exact) mass is 1960 g/mol. The molecule has 0 aromatic carbocycles. The molecule has 0 radical (unpaired) electrons. The minimum Gasteiger partial charge on any atom is -0.360 e. The topological polar surface area (TPSA) is 144 Å². The molecular formula is C121H209N21. The maximum absolute atomic E-state index is 4.76. The first-order valence-electron chi connectivity index (χ1n) is 55.1. The lowest BCUT2D eigenvalue weighted by Crippen LogP contribution is -2.46. The Balaban J connectivity index is 0.000000225. The van der Waals surface area contributed by atoms with E-state index in [1.165, 1.54) is 90.6 Å². The highest BCUT2D eigenvalue weighted by Crippen LogP contribution is 2.42. The summed E-state index contributed by atoms with van der Waals surface area (Å²) in [6.07, 6.45) is 23.3. The lowest BCUT2D eigenvalue weighted by atomic mass is 9.78. The number of likely N-dealkylation sites (N-methyl/N-ethyl adjacent to an activating group) is 6.